The topological polar surface area (TPSA) is 113 Å². The largest absolute Gasteiger partial charge is 0.324 e. The molecule has 4 heterocycles. The number of carbonyl (C=O) groups is 3. The highest BCUT2D eigenvalue weighted by Crippen LogP contribution is 2.61. The Hall–Kier alpha value is -3.30. The first-order valence-corrected chi connectivity index (χ1v) is 11.2. The molecule has 0 saturated carbocycles. The number of halogens is 1. The van der Waals surface area contributed by atoms with E-state index in [0.29, 0.717) is 40.5 Å². The lowest BCUT2D eigenvalue weighted by Gasteiger charge is -2.36. The average Bonchev–Trinajstić information content (AvgIpc) is 3.47. The molecule has 0 aromatic heterocycles. The molecule has 0 bridgehead atoms. The summed E-state index contributed by atoms with van der Waals surface area (Å²) in [6.45, 7) is 2.24. The smallest absolute Gasteiger partial charge is 0.269 e. The van der Waals surface area contributed by atoms with E-state index in [4.69, 9.17) is 11.6 Å². The number of hydrogen-bond acceptors (Lipinski definition) is 6. The van der Waals surface area contributed by atoms with E-state index in [1.54, 1.807) is 25.1 Å². The lowest BCUT2D eigenvalue weighted by Crippen LogP contribution is -2.54. The van der Waals surface area contributed by atoms with E-state index in [-0.39, 0.29) is 23.5 Å². The van der Waals surface area contributed by atoms with Gasteiger partial charge in [-0.2, -0.15) is 0 Å². The van der Waals surface area contributed by atoms with E-state index >= 15 is 0 Å². The van der Waals surface area contributed by atoms with Crippen molar-refractivity contribution >= 4 is 46.4 Å². The van der Waals surface area contributed by atoms with Crippen LogP contribution in [0, 0.1) is 28.9 Å². The van der Waals surface area contributed by atoms with Crippen LogP contribution in [0.15, 0.2) is 36.4 Å². The molecule has 4 atom stereocenters. The van der Waals surface area contributed by atoms with Crippen molar-refractivity contribution in [1.82, 2.24) is 4.90 Å². The van der Waals surface area contributed by atoms with Crippen molar-refractivity contribution in [2.24, 2.45) is 11.8 Å². The highest BCUT2D eigenvalue weighted by Gasteiger charge is 2.74. The van der Waals surface area contributed by atoms with Gasteiger partial charge < -0.3 is 5.32 Å². The van der Waals surface area contributed by atoms with Crippen molar-refractivity contribution in [3.63, 3.8) is 0 Å². The molecule has 0 unspecified atom stereocenters. The van der Waals surface area contributed by atoms with Gasteiger partial charge >= 0.3 is 0 Å². The molecule has 1 N–H and O–H groups in total. The number of benzene rings is 2. The second-order valence-electron chi connectivity index (χ2n) is 9.06. The number of nitro benzene ring substituents is 1. The third-order valence-corrected chi connectivity index (χ3v) is 7.82. The van der Waals surface area contributed by atoms with E-state index in [1.165, 1.54) is 18.2 Å². The van der Waals surface area contributed by atoms with Gasteiger partial charge in [-0.25, -0.2) is 4.90 Å². The second-order valence-corrected chi connectivity index (χ2v) is 9.49. The van der Waals surface area contributed by atoms with Gasteiger partial charge in [-0.1, -0.05) is 11.6 Å². The first-order chi connectivity index (χ1) is 15.8. The summed E-state index contributed by atoms with van der Waals surface area (Å²) in [5.41, 5.74) is 0.566. The van der Waals surface area contributed by atoms with Crippen LogP contribution in [0.25, 0.3) is 0 Å². The standard InChI is InChI=1S/C23H19ClN4O5/c1-11-9-13(28(32)33)5-7-16(11)27-20(29)18-17-3-2-8-26(17)23(19(18)21(27)30)14-10-12(24)4-6-15(14)25-22(23)31/h4-7,9-10,17-19H,2-3,8H2,1H3,(H,25,31)/t17-,18+,19-,23+/m0/s1. The van der Waals surface area contributed by atoms with E-state index < -0.39 is 28.2 Å². The fourth-order valence-electron chi connectivity index (χ4n) is 6.42. The van der Waals surface area contributed by atoms with Gasteiger partial charge in [0.05, 0.1) is 22.4 Å². The highest BCUT2D eigenvalue weighted by molar-refractivity contribution is 6.31. The van der Waals surface area contributed by atoms with Crippen molar-refractivity contribution in [3.8, 4) is 0 Å². The number of rotatable bonds is 2. The van der Waals surface area contributed by atoms with E-state index in [2.05, 4.69) is 5.32 Å². The molecule has 9 nitrogen and oxygen atoms in total. The summed E-state index contributed by atoms with van der Waals surface area (Å²) in [5.74, 6) is -2.71. The molecule has 10 heteroatoms. The highest BCUT2D eigenvalue weighted by atomic mass is 35.5. The minimum Gasteiger partial charge on any atom is -0.324 e. The number of imide groups is 1. The van der Waals surface area contributed by atoms with E-state index in [1.807, 2.05) is 4.90 Å². The molecule has 2 aromatic carbocycles. The fourth-order valence-corrected chi connectivity index (χ4v) is 6.59. The molecule has 168 valence electrons. The predicted molar refractivity (Wildman–Crippen MR) is 119 cm³/mol. The number of nitro groups is 1. The van der Waals surface area contributed by atoms with Crippen molar-refractivity contribution in [2.75, 3.05) is 16.8 Å². The van der Waals surface area contributed by atoms with Crippen LogP contribution < -0.4 is 10.2 Å². The van der Waals surface area contributed by atoms with Gasteiger partial charge in [-0.15, -0.1) is 0 Å². The van der Waals surface area contributed by atoms with E-state index in [9.17, 15) is 24.5 Å². The summed E-state index contributed by atoms with van der Waals surface area (Å²) in [6, 6.07) is 8.94. The summed E-state index contributed by atoms with van der Waals surface area (Å²) >= 11 is 6.29. The Morgan fingerprint density at radius 2 is 1.94 bits per heavy atom. The zero-order chi connectivity index (χ0) is 23.2. The number of amides is 3. The van der Waals surface area contributed by atoms with E-state index in [0.717, 1.165) is 11.3 Å². The molecule has 1 spiro atoms. The number of nitrogens with zero attached hydrogens (tertiary/aromatic N) is 3. The third kappa shape index (κ3) is 2.38. The maximum atomic E-state index is 13.9. The minimum absolute atomic E-state index is 0.118. The van der Waals surface area contributed by atoms with Crippen LogP contribution in [0.5, 0.6) is 0 Å². The van der Waals surface area contributed by atoms with Gasteiger partial charge in [-0.05, 0) is 56.1 Å². The number of non-ortho nitro benzene ring substituents is 1. The molecule has 0 radical (unpaired) electrons. The summed E-state index contributed by atoms with van der Waals surface area (Å²) < 4.78 is 0. The first-order valence-electron chi connectivity index (χ1n) is 10.8. The van der Waals surface area contributed by atoms with Crippen molar-refractivity contribution in [2.45, 2.75) is 31.3 Å². The Morgan fingerprint density at radius 1 is 1.15 bits per heavy atom. The summed E-state index contributed by atoms with van der Waals surface area (Å²) in [5, 5.41) is 14.5. The minimum atomic E-state index is -1.30. The molecule has 3 saturated heterocycles. The zero-order valence-electron chi connectivity index (χ0n) is 17.6. The normalized spacial score (nSPS) is 30.1. The molecule has 6 rings (SSSR count). The summed E-state index contributed by atoms with van der Waals surface area (Å²) in [4.78, 5) is 55.0. The average molecular weight is 467 g/mol. The summed E-state index contributed by atoms with van der Waals surface area (Å²) in [6.07, 6.45) is 1.52. The van der Waals surface area contributed by atoms with Crippen LogP contribution in [0.3, 0.4) is 0 Å². The number of hydrogen-bond donors (Lipinski definition) is 1. The molecule has 33 heavy (non-hydrogen) atoms. The van der Waals surface area contributed by atoms with Gasteiger partial charge in [0.2, 0.25) is 17.7 Å². The van der Waals surface area contributed by atoms with Crippen LogP contribution in [-0.4, -0.2) is 40.1 Å². The van der Waals surface area contributed by atoms with Crippen molar-refractivity contribution in [3.05, 3.63) is 62.7 Å². The lowest BCUT2D eigenvalue weighted by atomic mass is 9.75. The number of anilines is 2. The predicted octanol–water partition coefficient (Wildman–Crippen LogP) is 2.99. The molecule has 4 aliphatic heterocycles. The Labute approximate surface area is 193 Å². The molecular weight excluding hydrogens is 448 g/mol. The van der Waals surface area contributed by atoms with Crippen molar-refractivity contribution < 1.29 is 19.3 Å². The second kappa shape index (κ2) is 6.61. The molecule has 2 aromatic rings. The number of carbonyl (C=O) groups excluding carboxylic acids is 3. The summed E-state index contributed by atoms with van der Waals surface area (Å²) in [7, 11) is 0. The van der Waals surface area contributed by atoms with Gasteiger partial charge in [0, 0.05) is 34.4 Å². The molecular formula is C23H19ClN4O5. The Kier molecular flexibility index (Phi) is 4.07. The van der Waals surface area contributed by atoms with Gasteiger partial charge in [0.15, 0.2) is 0 Å². The van der Waals surface area contributed by atoms with Crippen molar-refractivity contribution in [1.29, 1.82) is 0 Å². The molecule has 4 aliphatic rings. The molecule has 3 fully saturated rings. The number of fused-ring (bicyclic) bond motifs is 7. The lowest BCUT2D eigenvalue weighted by molar-refractivity contribution is -0.384. The van der Waals surface area contributed by atoms with Crippen LogP contribution in [-0.2, 0) is 19.9 Å². The molecule has 0 aliphatic carbocycles. The van der Waals surface area contributed by atoms with Crippen LogP contribution in [0.1, 0.15) is 24.0 Å². The maximum absolute atomic E-state index is 13.9. The Bertz CT molecular complexity index is 1300. The Morgan fingerprint density at radius 3 is 2.67 bits per heavy atom. The fraction of sp³-hybridized carbons (Fsp3) is 0.348. The van der Waals surface area contributed by atoms with Crippen LogP contribution in [0.4, 0.5) is 17.1 Å². The number of nitrogens with one attached hydrogen (secondary N) is 1. The third-order valence-electron chi connectivity index (χ3n) is 7.59. The zero-order valence-corrected chi connectivity index (χ0v) is 18.3. The number of aryl methyl sites for hydroxylation is 1. The van der Waals surface area contributed by atoms with Gasteiger partial charge in [0.25, 0.3) is 5.69 Å². The molecule has 3 amide bonds. The maximum Gasteiger partial charge on any atom is 0.269 e. The van der Waals surface area contributed by atoms with Crippen LogP contribution in [0.2, 0.25) is 5.02 Å². The SMILES string of the molecule is Cc1cc([N+](=O)[O-])ccc1N1C(=O)[C@H]2[C@@H](C1=O)[C@]1(C(=O)Nc3ccc(Cl)cc31)N1CCC[C@@H]21. The van der Waals surface area contributed by atoms with Crippen LogP contribution >= 0.6 is 11.6 Å². The van der Waals surface area contributed by atoms with Gasteiger partial charge in [-0.3, -0.25) is 29.4 Å². The first kappa shape index (κ1) is 20.3. The quantitative estimate of drug-likeness (QED) is 0.413. The monoisotopic (exact) mass is 466 g/mol. The van der Waals surface area contributed by atoms with Gasteiger partial charge in [0.1, 0.15) is 5.54 Å². The Balaban J connectivity index is 1.53.